The molecule has 2 rings (SSSR count). The van der Waals surface area contributed by atoms with Crippen molar-refractivity contribution in [2.45, 2.75) is 19.3 Å². The van der Waals surface area contributed by atoms with Crippen molar-refractivity contribution in [2.75, 3.05) is 25.6 Å². The van der Waals surface area contributed by atoms with E-state index >= 15 is 0 Å². The van der Waals surface area contributed by atoms with Crippen LogP contribution in [-0.4, -0.2) is 36.3 Å². The van der Waals surface area contributed by atoms with Gasteiger partial charge in [-0.25, -0.2) is 9.78 Å². The number of aromatic nitrogens is 1. The average Bonchev–Trinajstić information content (AvgIpc) is 2.91. The van der Waals surface area contributed by atoms with Gasteiger partial charge in [0.05, 0.1) is 0 Å². The van der Waals surface area contributed by atoms with Crippen molar-refractivity contribution in [3.05, 3.63) is 11.1 Å². The molecule has 0 radical (unpaired) electrons. The fraction of sp³-hybridized carbons (Fsp3) is 0.636. The van der Waals surface area contributed by atoms with Crippen molar-refractivity contribution < 1.29 is 14.6 Å². The molecule has 1 aromatic rings. The minimum atomic E-state index is -0.977. The highest BCUT2D eigenvalue weighted by atomic mass is 32.1. The first kappa shape index (κ1) is 12.3. The summed E-state index contributed by atoms with van der Waals surface area (Å²) in [5.74, 6) is -0.977. The van der Waals surface area contributed by atoms with Crippen molar-refractivity contribution in [1.29, 1.82) is 0 Å². The first-order valence-electron chi connectivity index (χ1n) is 5.57. The quantitative estimate of drug-likeness (QED) is 0.781. The van der Waals surface area contributed by atoms with Crippen molar-refractivity contribution in [3.63, 3.8) is 0 Å². The third kappa shape index (κ3) is 3.17. The molecule has 1 aliphatic rings. The van der Waals surface area contributed by atoms with Crippen molar-refractivity contribution in [2.24, 2.45) is 5.41 Å². The van der Waals surface area contributed by atoms with Gasteiger partial charge in [-0.05, 0) is 24.7 Å². The number of rotatable bonds is 7. The summed E-state index contributed by atoms with van der Waals surface area (Å²) in [4.78, 5) is 14.7. The van der Waals surface area contributed by atoms with Gasteiger partial charge in [-0.1, -0.05) is 0 Å². The van der Waals surface area contributed by atoms with Crippen LogP contribution in [0.1, 0.15) is 29.8 Å². The Morgan fingerprint density at radius 2 is 2.47 bits per heavy atom. The third-order valence-corrected chi connectivity index (χ3v) is 3.93. The zero-order valence-electron chi connectivity index (χ0n) is 9.73. The number of methoxy groups -OCH3 is 1. The molecular formula is C11H16N2O3S. The fourth-order valence-corrected chi connectivity index (χ4v) is 2.41. The Hall–Kier alpha value is -1.14. The summed E-state index contributed by atoms with van der Waals surface area (Å²) in [7, 11) is 1.71. The van der Waals surface area contributed by atoms with E-state index in [1.165, 1.54) is 24.2 Å². The lowest BCUT2D eigenvalue weighted by Crippen LogP contribution is -2.17. The second kappa shape index (κ2) is 5.01. The largest absolute Gasteiger partial charge is 0.476 e. The van der Waals surface area contributed by atoms with E-state index in [2.05, 4.69) is 10.3 Å². The Bertz CT molecular complexity index is 401. The zero-order valence-corrected chi connectivity index (χ0v) is 10.5. The lowest BCUT2D eigenvalue weighted by molar-refractivity contribution is 0.0691. The Morgan fingerprint density at radius 1 is 1.71 bits per heavy atom. The first-order chi connectivity index (χ1) is 8.15. The minimum absolute atomic E-state index is 0.110. The molecule has 94 valence electrons. The van der Waals surface area contributed by atoms with E-state index in [9.17, 15) is 4.79 Å². The molecule has 1 fully saturated rings. The maximum Gasteiger partial charge on any atom is 0.355 e. The van der Waals surface area contributed by atoms with Crippen LogP contribution in [0.25, 0.3) is 0 Å². The molecule has 0 unspecified atom stereocenters. The van der Waals surface area contributed by atoms with Gasteiger partial charge in [-0.15, -0.1) is 11.3 Å². The summed E-state index contributed by atoms with van der Waals surface area (Å²) < 4.78 is 5.09. The zero-order chi connectivity index (χ0) is 12.3. The van der Waals surface area contributed by atoms with Crippen LogP contribution < -0.4 is 5.32 Å². The summed E-state index contributed by atoms with van der Waals surface area (Å²) in [5, 5.41) is 14.2. The molecule has 1 aliphatic carbocycles. The molecule has 0 saturated heterocycles. The van der Waals surface area contributed by atoms with Gasteiger partial charge >= 0.3 is 5.97 Å². The lowest BCUT2D eigenvalue weighted by Gasteiger charge is -2.14. The Kier molecular flexibility index (Phi) is 3.63. The molecule has 5 nitrogen and oxygen atoms in total. The second-order valence-electron chi connectivity index (χ2n) is 4.44. The molecule has 0 amide bonds. The first-order valence-corrected chi connectivity index (χ1v) is 6.45. The summed E-state index contributed by atoms with van der Waals surface area (Å²) in [6.45, 7) is 1.63. The molecule has 2 N–H and O–H groups in total. The van der Waals surface area contributed by atoms with E-state index in [-0.39, 0.29) is 5.69 Å². The van der Waals surface area contributed by atoms with Gasteiger partial charge in [-0.2, -0.15) is 0 Å². The van der Waals surface area contributed by atoms with E-state index in [4.69, 9.17) is 9.84 Å². The molecule has 6 heteroatoms. The van der Waals surface area contributed by atoms with Crippen molar-refractivity contribution in [3.8, 4) is 0 Å². The van der Waals surface area contributed by atoms with Gasteiger partial charge in [0, 0.05) is 25.6 Å². The minimum Gasteiger partial charge on any atom is -0.476 e. The molecule has 1 aromatic heterocycles. The predicted molar refractivity (Wildman–Crippen MR) is 65.7 cm³/mol. The number of nitrogens with one attached hydrogen (secondary N) is 1. The van der Waals surface area contributed by atoms with Gasteiger partial charge in [0.2, 0.25) is 0 Å². The summed E-state index contributed by atoms with van der Waals surface area (Å²) in [6, 6.07) is 0. The van der Waals surface area contributed by atoms with Gasteiger partial charge in [0.1, 0.15) is 0 Å². The van der Waals surface area contributed by atoms with E-state index < -0.39 is 5.97 Å². The highest BCUT2D eigenvalue weighted by molar-refractivity contribution is 7.13. The molecule has 0 spiro atoms. The maximum atomic E-state index is 10.7. The number of hydrogen-bond acceptors (Lipinski definition) is 5. The number of nitrogens with zero attached hydrogens (tertiary/aromatic N) is 1. The van der Waals surface area contributed by atoms with Crippen LogP contribution in [0.3, 0.4) is 0 Å². The van der Waals surface area contributed by atoms with E-state index in [0.717, 1.165) is 19.6 Å². The second-order valence-corrected chi connectivity index (χ2v) is 5.30. The molecule has 0 aliphatic heterocycles. The summed E-state index contributed by atoms with van der Waals surface area (Å²) in [5.41, 5.74) is 0.449. The number of carboxylic acids is 1. The number of anilines is 1. The Balaban J connectivity index is 1.83. The summed E-state index contributed by atoms with van der Waals surface area (Å²) in [6.07, 6.45) is 3.47. The molecule has 17 heavy (non-hydrogen) atoms. The number of hydrogen-bond donors (Lipinski definition) is 2. The van der Waals surface area contributed by atoms with Crippen molar-refractivity contribution >= 4 is 22.4 Å². The van der Waals surface area contributed by atoms with Crippen LogP contribution in [-0.2, 0) is 4.74 Å². The van der Waals surface area contributed by atoms with Crippen molar-refractivity contribution in [1.82, 2.24) is 4.98 Å². The molecule has 0 atom stereocenters. The molecule has 1 heterocycles. The molecule has 0 bridgehead atoms. The summed E-state index contributed by atoms with van der Waals surface area (Å²) >= 11 is 1.34. The van der Waals surface area contributed by atoms with Crippen LogP contribution in [0.5, 0.6) is 0 Å². The SMILES string of the molecule is COCCC1(CNc2nc(C(=O)O)cs2)CC1. The van der Waals surface area contributed by atoms with E-state index in [1.807, 2.05) is 0 Å². The predicted octanol–water partition coefficient (Wildman–Crippen LogP) is 2.07. The van der Waals surface area contributed by atoms with Gasteiger partial charge in [0.25, 0.3) is 0 Å². The van der Waals surface area contributed by atoms with Crippen LogP contribution in [0.2, 0.25) is 0 Å². The lowest BCUT2D eigenvalue weighted by atomic mass is 10.0. The van der Waals surface area contributed by atoms with Crippen LogP contribution >= 0.6 is 11.3 Å². The highest BCUT2D eigenvalue weighted by Gasteiger charge is 2.41. The third-order valence-electron chi connectivity index (χ3n) is 3.13. The smallest absolute Gasteiger partial charge is 0.355 e. The number of ether oxygens (including phenoxy) is 1. The molecule has 0 aromatic carbocycles. The Labute approximate surface area is 104 Å². The van der Waals surface area contributed by atoms with Crippen LogP contribution in [0.4, 0.5) is 5.13 Å². The fourth-order valence-electron chi connectivity index (χ4n) is 1.73. The Morgan fingerprint density at radius 3 is 3.00 bits per heavy atom. The standard InChI is InChI=1S/C11H16N2O3S/c1-16-5-4-11(2-3-11)7-12-10-13-8(6-17-10)9(14)15/h6H,2-5,7H2,1H3,(H,12,13)(H,14,15). The number of carboxylic acid groups (broad SMARTS) is 1. The van der Waals surface area contributed by atoms with Crippen LogP contribution in [0, 0.1) is 5.41 Å². The van der Waals surface area contributed by atoms with Crippen LogP contribution in [0.15, 0.2) is 5.38 Å². The number of aromatic carboxylic acids is 1. The van der Waals surface area contributed by atoms with Gasteiger partial charge in [0.15, 0.2) is 10.8 Å². The maximum absolute atomic E-state index is 10.7. The van der Waals surface area contributed by atoms with E-state index in [1.54, 1.807) is 12.5 Å². The molecular weight excluding hydrogens is 240 g/mol. The number of carbonyl (C=O) groups is 1. The number of thiazole rings is 1. The topological polar surface area (TPSA) is 71.5 Å². The average molecular weight is 256 g/mol. The molecule has 1 saturated carbocycles. The van der Waals surface area contributed by atoms with Gasteiger partial charge in [-0.3, -0.25) is 0 Å². The van der Waals surface area contributed by atoms with E-state index in [0.29, 0.717) is 10.5 Å². The monoisotopic (exact) mass is 256 g/mol. The normalized spacial score (nSPS) is 16.8. The van der Waals surface area contributed by atoms with Gasteiger partial charge < -0.3 is 15.2 Å². The highest BCUT2D eigenvalue weighted by Crippen LogP contribution is 2.48.